The van der Waals surface area contributed by atoms with E-state index in [2.05, 4.69) is 31.4 Å². The Bertz CT molecular complexity index is 608. The molecule has 1 amide bonds. The van der Waals surface area contributed by atoms with Crippen LogP contribution in [0, 0.1) is 11.3 Å². The van der Waals surface area contributed by atoms with Crippen LogP contribution in [0.15, 0.2) is 0 Å². The molecule has 0 radical (unpaired) electrons. The Morgan fingerprint density at radius 3 is 2.69 bits per heavy atom. The summed E-state index contributed by atoms with van der Waals surface area (Å²) < 4.78 is 4.39. The van der Waals surface area contributed by atoms with Gasteiger partial charge in [0.25, 0.3) is 0 Å². The van der Waals surface area contributed by atoms with E-state index in [0.29, 0.717) is 17.2 Å². The molecule has 1 spiro atoms. The highest BCUT2D eigenvalue weighted by molar-refractivity contribution is 7.09. The lowest BCUT2D eigenvalue weighted by atomic mass is 9.91. The van der Waals surface area contributed by atoms with E-state index in [4.69, 9.17) is 0 Å². The number of aryl methyl sites for hydroxylation is 1. The van der Waals surface area contributed by atoms with Crippen LogP contribution in [0.2, 0.25) is 0 Å². The van der Waals surface area contributed by atoms with Crippen molar-refractivity contribution in [2.24, 2.45) is 11.3 Å². The third-order valence-electron chi connectivity index (χ3n) is 5.94. The van der Waals surface area contributed by atoms with Crippen LogP contribution in [-0.4, -0.2) is 59.4 Å². The standard InChI is InChI=1S/C17H27N5OS.2ClH/c1-2-14-19-16(24-20-14)22-9-3-8-21(10-11-22)15(23)13-12-17(13)4-6-18-7-5-17;;/h13,18H,2-12H2,1H3;2*1H. The third kappa shape index (κ3) is 4.26. The van der Waals surface area contributed by atoms with E-state index in [1.807, 2.05) is 0 Å². The second-order valence-corrected chi connectivity index (χ2v) is 8.11. The van der Waals surface area contributed by atoms with Crippen molar-refractivity contribution in [1.82, 2.24) is 19.6 Å². The van der Waals surface area contributed by atoms with E-state index >= 15 is 0 Å². The molecule has 1 aliphatic carbocycles. The Morgan fingerprint density at radius 1 is 1.23 bits per heavy atom. The number of piperidine rings is 1. The minimum atomic E-state index is 0. The largest absolute Gasteiger partial charge is 0.345 e. The Morgan fingerprint density at radius 2 is 2.00 bits per heavy atom. The van der Waals surface area contributed by atoms with Crippen molar-refractivity contribution in [3.8, 4) is 0 Å². The topological polar surface area (TPSA) is 61.4 Å². The highest BCUT2D eigenvalue weighted by Gasteiger charge is 2.58. The van der Waals surface area contributed by atoms with Gasteiger partial charge in [-0.3, -0.25) is 4.79 Å². The number of carbonyl (C=O) groups is 1. The molecule has 6 nitrogen and oxygen atoms in total. The first kappa shape index (κ1) is 21.7. The van der Waals surface area contributed by atoms with Crippen molar-refractivity contribution in [1.29, 1.82) is 0 Å². The van der Waals surface area contributed by atoms with E-state index in [1.54, 1.807) is 0 Å². The maximum atomic E-state index is 12.9. The molecule has 4 rings (SSSR count). The summed E-state index contributed by atoms with van der Waals surface area (Å²) in [6, 6.07) is 0. The zero-order valence-electron chi connectivity index (χ0n) is 15.3. The van der Waals surface area contributed by atoms with Gasteiger partial charge in [0.2, 0.25) is 11.0 Å². The molecule has 0 aromatic carbocycles. The second-order valence-electron chi connectivity index (χ2n) is 7.38. The van der Waals surface area contributed by atoms with Crippen molar-refractivity contribution < 1.29 is 4.79 Å². The molecule has 2 aliphatic heterocycles. The number of aromatic nitrogens is 2. The predicted octanol–water partition coefficient (Wildman–Crippen LogP) is 2.37. The molecule has 9 heteroatoms. The minimum absolute atomic E-state index is 0. The normalized spacial score (nSPS) is 24.4. The van der Waals surface area contributed by atoms with Crippen molar-refractivity contribution in [2.75, 3.05) is 44.2 Å². The number of nitrogens with zero attached hydrogens (tertiary/aromatic N) is 4. The molecular formula is C17H29Cl2N5OS. The molecule has 1 saturated carbocycles. The van der Waals surface area contributed by atoms with Crippen molar-refractivity contribution in [3.05, 3.63) is 5.82 Å². The summed E-state index contributed by atoms with van der Waals surface area (Å²) in [6.07, 6.45) is 5.37. The van der Waals surface area contributed by atoms with Crippen LogP contribution in [0.5, 0.6) is 0 Å². The van der Waals surface area contributed by atoms with Gasteiger partial charge in [0.05, 0.1) is 0 Å². The molecular weight excluding hydrogens is 393 g/mol. The first-order valence-corrected chi connectivity index (χ1v) is 10.1. The first-order chi connectivity index (χ1) is 11.7. The number of nitrogens with one attached hydrogen (secondary N) is 1. The Kier molecular flexibility index (Phi) is 7.53. The van der Waals surface area contributed by atoms with Crippen molar-refractivity contribution >= 4 is 47.4 Å². The summed E-state index contributed by atoms with van der Waals surface area (Å²) >= 11 is 1.49. The number of carbonyl (C=O) groups excluding carboxylic acids is 1. The quantitative estimate of drug-likeness (QED) is 0.811. The molecule has 0 bridgehead atoms. The SMILES string of the molecule is CCc1nsc(N2CCCN(C(=O)C3CC34CCNCC4)CC2)n1.Cl.Cl. The number of amides is 1. The highest BCUT2D eigenvalue weighted by Crippen LogP contribution is 2.59. The van der Waals surface area contributed by atoms with Crippen LogP contribution in [0.4, 0.5) is 5.13 Å². The lowest BCUT2D eigenvalue weighted by molar-refractivity contribution is -0.133. The van der Waals surface area contributed by atoms with Crippen molar-refractivity contribution in [2.45, 2.75) is 39.0 Å². The zero-order valence-corrected chi connectivity index (χ0v) is 17.7. The molecule has 1 aromatic rings. The fourth-order valence-corrected chi connectivity index (χ4v) is 5.04. The monoisotopic (exact) mass is 421 g/mol. The van der Waals surface area contributed by atoms with E-state index in [-0.39, 0.29) is 24.8 Å². The summed E-state index contributed by atoms with van der Waals surface area (Å²) in [5.41, 5.74) is 0.337. The van der Waals surface area contributed by atoms with Crippen LogP contribution in [0.1, 0.15) is 38.4 Å². The number of anilines is 1. The number of hydrogen-bond acceptors (Lipinski definition) is 6. The number of halogens is 2. The van der Waals surface area contributed by atoms with Crippen LogP contribution < -0.4 is 10.2 Å². The first-order valence-electron chi connectivity index (χ1n) is 9.29. The summed E-state index contributed by atoms with van der Waals surface area (Å²) in [5.74, 6) is 1.63. The Balaban J connectivity index is 0.00000121. The molecule has 2 saturated heterocycles. The fourth-order valence-electron chi connectivity index (χ4n) is 4.24. The molecule has 3 fully saturated rings. The van der Waals surface area contributed by atoms with Crippen molar-refractivity contribution in [3.63, 3.8) is 0 Å². The molecule has 1 N–H and O–H groups in total. The molecule has 26 heavy (non-hydrogen) atoms. The Hall–Kier alpha value is -0.630. The zero-order chi connectivity index (χ0) is 16.6. The number of hydrogen-bond donors (Lipinski definition) is 1. The maximum Gasteiger partial charge on any atom is 0.226 e. The van der Waals surface area contributed by atoms with Gasteiger partial charge >= 0.3 is 0 Å². The van der Waals surface area contributed by atoms with Gasteiger partial charge in [-0.15, -0.1) is 24.8 Å². The van der Waals surface area contributed by atoms with E-state index in [0.717, 1.165) is 69.5 Å². The average Bonchev–Trinajstić information content (AvgIpc) is 3.18. The smallest absolute Gasteiger partial charge is 0.226 e. The lowest BCUT2D eigenvalue weighted by Gasteiger charge is -2.26. The summed E-state index contributed by atoms with van der Waals surface area (Å²) in [4.78, 5) is 22.0. The van der Waals surface area contributed by atoms with Crippen LogP contribution >= 0.6 is 36.3 Å². The maximum absolute atomic E-state index is 12.9. The van der Waals surface area contributed by atoms with Crippen LogP contribution in [0.3, 0.4) is 0 Å². The Labute approximate surface area is 172 Å². The van der Waals surface area contributed by atoms with Gasteiger partial charge in [-0.25, -0.2) is 4.98 Å². The minimum Gasteiger partial charge on any atom is -0.345 e. The highest BCUT2D eigenvalue weighted by atomic mass is 35.5. The molecule has 1 aromatic heterocycles. The van der Waals surface area contributed by atoms with Gasteiger partial charge in [0, 0.05) is 50.1 Å². The van der Waals surface area contributed by atoms with Gasteiger partial charge in [0.1, 0.15) is 5.82 Å². The van der Waals surface area contributed by atoms with E-state index in [1.165, 1.54) is 24.4 Å². The molecule has 3 heterocycles. The van der Waals surface area contributed by atoms with Crippen LogP contribution in [0.25, 0.3) is 0 Å². The lowest BCUT2D eigenvalue weighted by Crippen LogP contribution is -2.38. The van der Waals surface area contributed by atoms with E-state index in [9.17, 15) is 4.79 Å². The number of rotatable bonds is 3. The van der Waals surface area contributed by atoms with Gasteiger partial charge in [-0.2, -0.15) is 4.37 Å². The fraction of sp³-hybridized carbons (Fsp3) is 0.824. The summed E-state index contributed by atoms with van der Waals surface area (Å²) in [7, 11) is 0. The van der Waals surface area contributed by atoms with Crippen LogP contribution in [-0.2, 0) is 11.2 Å². The van der Waals surface area contributed by atoms with Gasteiger partial charge in [-0.1, -0.05) is 6.92 Å². The summed E-state index contributed by atoms with van der Waals surface area (Å²) in [6.45, 7) is 7.81. The summed E-state index contributed by atoms with van der Waals surface area (Å²) in [5, 5.41) is 4.43. The average molecular weight is 422 g/mol. The molecule has 148 valence electrons. The van der Waals surface area contributed by atoms with Gasteiger partial charge < -0.3 is 15.1 Å². The third-order valence-corrected chi connectivity index (χ3v) is 6.75. The predicted molar refractivity (Wildman–Crippen MR) is 110 cm³/mol. The van der Waals surface area contributed by atoms with Gasteiger partial charge in [0.15, 0.2) is 0 Å². The van der Waals surface area contributed by atoms with Gasteiger partial charge in [-0.05, 0) is 44.2 Å². The molecule has 1 atom stereocenters. The molecule has 3 aliphatic rings. The van der Waals surface area contributed by atoms with E-state index < -0.39 is 0 Å². The second kappa shape index (κ2) is 9.04. The molecule has 1 unspecified atom stereocenters.